The fourth-order valence-electron chi connectivity index (χ4n) is 3.94. The van der Waals surface area contributed by atoms with Gasteiger partial charge in [0.25, 0.3) is 5.91 Å². The summed E-state index contributed by atoms with van der Waals surface area (Å²) in [6.07, 6.45) is 3.15. The first-order chi connectivity index (χ1) is 15.0. The van der Waals surface area contributed by atoms with E-state index in [2.05, 4.69) is 13.8 Å². The van der Waals surface area contributed by atoms with E-state index in [1.54, 1.807) is 11.0 Å². The van der Waals surface area contributed by atoms with E-state index in [0.29, 0.717) is 6.54 Å². The Labute approximate surface area is 184 Å². The molecule has 0 radical (unpaired) electrons. The van der Waals surface area contributed by atoms with Crippen LogP contribution in [0.2, 0.25) is 0 Å². The summed E-state index contributed by atoms with van der Waals surface area (Å²) < 4.78 is 0. The predicted molar refractivity (Wildman–Crippen MR) is 123 cm³/mol. The Morgan fingerprint density at radius 2 is 1.71 bits per heavy atom. The molecule has 2 aromatic rings. The van der Waals surface area contributed by atoms with Crippen LogP contribution in [0.15, 0.2) is 72.0 Å². The van der Waals surface area contributed by atoms with E-state index in [0.717, 1.165) is 36.3 Å². The number of carbonyl (C=O) groups excluding carboxylic acids is 2. The van der Waals surface area contributed by atoms with Gasteiger partial charge in [-0.1, -0.05) is 66.2 Å². The molecule has 0 spiro atoms. The summed E-state index contributed by atoms with van der Waals surface area (Å²) in [6, 6.07) is 16.7. The number of likely N-dealkylation sites (N-methyl/N-ethyl adjacent to an activating group) is 1. The number of carbonyl (C=O) groups is 2. The second-order valence-electron chi connectivity index (χ2n) is 7.89. The fraction of sp³-hybridized carbons (Fsp3) is 0.308. The maximum Gasteiger partial charge on any atom is 0.290 e. The Balaban J connectivity index is 1.94. The minimum absolute atomic E-state index is 0.149. The lowest BCUT2D eigenvalue weighted by atomic mass is 9.95. The van der Waals surface area contributed by atoms with Gasteiger partial charge in [0.1, 0.15) is 0 Å². The monoisotopic (exact) mass is 419 g/mol. The van der Waals surface area contributed by atoms with E-state index in [9.17, 15) is 14.7 Å². The molecule has 162 valence electrons. The molecule has 1 aliphatic rings. The molecule has 2 aromatic carbocycles. The van der Waals surface area contributed by atoms with E-state index in [-0.39, 0.29) is 11.4 Å². The lowest BCUT2D eigenvalue weighted by Gasteiger charge is -2.28. The zero-order valence-electron chi connectivity index (χ0n) is 18.5. The van der Waals surface area contributed by atoms with Gasteiger partial charge in [0, 0.05) is 0 Å². The van der Waals surface area contributed by atoms with Crippen molar-refractivity contribution in [1.29, 1.82) is 0 Å². The predicted octanol–water partition coefficient (Wildman–Crippen LogP) is 2.90. The molecule has 0 bridgehead atoms. The molecule has 2 N–H and O–H groups in total. The first-order valence-electron chi connectivity index (χ1n) is 10.9. The molecule has 5 heteroatoms. The SMILES string of the molecule is CC[NH+](CC)CCN1C(=O)C(O)=C(C(=O)/C=C/c2ccccc2)[C@H]1c1ccc(C)cc1. The molecule has 0 unspecified atom stereocenters. The van der Waals surface area contributed by atoms with Crippen LogP contribution in [0.25, 0.3) is 6.08 Å². The first-order valence-corrected chi connectivity index (χ1v) is 10.9. The van der Waals surface area contributed by atoms with Crippen molar-refractivity contribution in [3.63, 3.8) is 0 Å². The lowest BCUT2D eigenvalue weighted by molar-refractivity contribution is -0.895. The van der Waals surface area contributed by atoms with Gasteiger partial charge in [0.2, 0.25) is 0 Å². The average molecular weight is 420 g/mol. The van der Waals surface area contributed by atoms with Crippen LogP contribution in [0.1, 0.15) is 36.6 Å². The van der Waals surface area contributed by atoms with E-state index in [1.165, 1.54) is 11.0 Å². The number of hydrogen-bond acceptors (Lipinski definition) is 3. The van der Waals surface area contributed by atoms with Gasteiger partial charge >= 0.3 is 0 Å². The van der Waals surface area contributed by atoms with Crippen molar-refractivity contribution in [3.05, 3.63) is 88.7 Å². The van der Waals surface area contributed by atoms with Gasteiger partial charge in [-0.3, -0.25) is 9.59 Å². The number of benzene rings is 2. The number of aliphatic hydroxyl groups is 1. The topological polar surface area (TPSA) is 62.1 Å². The maximum atomic E-state index is 13.1. The van der Waals surface area contributed by atoms with Gasteiger partial charge < -0.3 is 14.9 Å². The average Bonchev–Trinajstić information content (AvgIpc) is 3.04. The fourth-order valence-corrected chi connectivity index (χ4v) is 3.94. The standard InChI is InChI=1S/C26H30N2O3/c1-4-27(5-2)17-18-28-24(21-14-11-19(3)12-15-21)23(25(30)26(28)31)22(29)16-13-20-9-7-6-8-10-20/h6-16,24,30H,4-5,17-18H2,1-3H3/p+1/b16-13+/t24-/m1/s1. The van der Waals surface area contributed by atoms with Gasteiger partial charge in [0.15, 0.2) is 11.5 Å². The van der Waals surface area contributed by atoms with Crippen LogP contribution in [0, 0.1) is 6.92 Å². The van der Waals surface area contributed by atoms with E-state index >= 15 is 0 Å². The summed E-state index contributed by atoms with van der Waals surface area (Å²) in [5.41, 5.74) is 2.95. The van der Waals surface area contributed by atoms with Crippen molar-refractivity contribution in [2.24, 2.45) is 0 Å². The van der Waals surface area contributed by atoms with Crippen molar-refractivity contribution in [3.8, 4) is 0 Å². The summed E-state index contributed by atoms with van der Waals surface area (Å²) in [6.45, 7) is 9.36. The smallest absolute Gasteiger partial charge is 0.290 e. The first kappa shape index (κ1) is 22.5. The minimum Gasteiger partial charge on any atom is -0.503 e. The summed E-state index contributed by atoms with van der Waals surface area (Å²) in [7, 11) is 0. The van der Waals surface area contributed by atoms with Crippen molar-refractivity contribution in [2.45, 2.75) is 26.8 Å². The van der Waals surface area contributed by atoms with E-state index in [1.807, 2.05) is 61.5 Å². The van der Waals surface area contributed by atoms with Crippen molar-refractivity contribution in [1.82, 2.24) is 4.90 Å². The number of hydrogen-bond donors (Lipinski definition) is 2. The second kappa shape index (κ2) is 10.2. The number of ketones is 1. The summed E-state index contributed by atoms with van der Waals surface area (Å²) in [5, 5.41) is 10.7. The minimum atomic E-state index is -0.587. The van der Waals surface area contributed by atoms with Crippen molar-refractivity contribution < 1.29 is 19.6 Å². The number of amides is 1. The molecule has 0 fully saturated rings. The molecule has 0 saturated carbocycles. The Hall–Kier alpha value is -3.18. The number of rotatable bonds is 9. The van der Waals surface area contributed by atoms with Gasteiger partial charge in [-0.15, -0.1) is 0 Å². The number of nitrogens with zero attached hydrogens (tertiary/aromatic N) is 1. The van der Waals surface area contributed by atoms with Crippen molar-refractivity contribution in [2.75, 3.05) is 26.2 Å². The van der Waals surface area contributed by atoms with Gasteiger partial charge in [0.05, 0.1) is 37.8 Å². The molecule has 1 aliphatic heterocycles. The highest BCUT2D eigenvalue weighted by atomic mass is 16.3. The van der Waals surface area contributed by atoms with Crippen LogP contribution >= 0.6 is 0 Å². The molecular weight excluding hydrogens is 388 g/mol. The Morgan fingerprint density at radius 3 is 2.32 bits per heavy atom. The van der Waals surface area contributed by atoms with Gasteiger partial charge in [-0.05, 0) is 38.0 Å². The number of quaternary nitrogens is 1. The molecule has 1 atom stereocenters. The molecule has 0 aliphatic carbocycles. The molecule has 1 amide bonds. The lowest BCUT2D eigenvalue weighted by Crippen LogP contribution is -3.12. The zero-order valence-corrected chi connectivity index (χ0v) is 18.5. The molecule has 0 aromatic heterocycles. The van der Waals surface area contributed by atoms with Crippen LogP contribution in [-0.4, -0.2) is 47.9 Å². The quantitative estimate of drug-likeness (QED) is 0.615. The highest BCUT2D eigenvalue weighted by Crippen LogP contribution is 2.37. The van der Waals surface area contributed by atoms with Crippen LogP contribution in [0.5, 0.6) is 0 Å². The number of allylic oxidation sites excluding steroid dienone is 1. The Bertz CT molecular complexity index is 973. The van der Waals surface area contributed by atoms with Crippen LogP contribution in [0.3, 0.4) is 0 Å². The Morgan fingerprint density at radius 1 is 1.06 bits per heavy atom. The summed E-state index contributed by atoms with van der Waals surface area (Å²) in [5.74, 6) is -1.27. The summed E-state index contributed by atoms with van der Waals surface area (Å²) >= 11 is 0. The normalized spacial score (nSPS) is 16.7. The van der Waals surface area contributed by atoms with Gasteiger partial charge in [-0.2, -0.15) is 0 Å². The third-order valence-electron chi connectivity index (χ3n) is 5.90. The highest BCUT2D eigenvalue weighted by Gasteiger charge is 2.43. The maximum absolute atomic E-state index is 13.1. The Kier molecular flexibility index (Phi) is 7.42. The van der Waals surface area contributed by atoms with E-state index in [4.69, 9.17) is 0 Å². The van der Waals surface area contributed by atoms with Gasteiger partial charge in [-0.25, -0.2) is 0 Å². The largest absolute Gasteiger partial charge is 0.503 e. The van der Waals surface area contributed by atoms with E-state index < -0.39 is 17.7 Å². The highest BCUT2D eigenvalue weighted by molar-refractivity contribution is 6.14. The third-order valence-corrected chi connectivity index (χ3v) is 5.90. The number of nitrogens with one attached hydrogen (secondary N) is 1. The molecule has 0 saturated heterocycles. The number of aliphatic hydroxyl groups excluding tert-OH is 1. The zero-order chi connectivity index (χ0) is 22.4. The van der Waals surface area contributed by atoms with Crippen LogP contribution in [-0.2, 0) is 9.59 Å². The van der Waals surface area contributed by atoms with Crippen LogP contribution in [0.4, 0.5) is 0 Å². The van der Waals surface area contributed by atoms with Crippen LogP contribution < -0.4 is 4.90 Å². The van der Waals surface area contributed by atoms with Crippen molar-refractivity contribution >= 4 is 17.8 Å². The molecular formula is C26H31N2O3+. The molecule has 5 nitrogen and oxygen atoms in total. The molecule has 3 rings (SSSR count). The molecule has 1 heterocycles. The second-order valence-corrected chi connectivity index (χ2v) is 7.89. The number of aryl methyl sites for hydroxylation is 1. The molecule has 31 heavy (non-hydrogen) atoms. The summed E-state index contributed by atoms with van der Waals surface area (Å²) in [4.78, 5) is 29.1. The third kappa shape index (κ3) is 5.12.